The Labute approximate surface area is 128 Å². The Morgan fingerprint density at radius 2 is 1.82 bits per heavy atom. The first-order valence-electron chi connectivity index (χ1n) is 7.15. The first-order chi connectivity index (χ1) is 10.2. The van der Waals surface area contributed by atoms with Crippen molar-refractivity contribution < 1.29 is 0 Å². The van der Waals surface area contributed by atoms with Gasteiger partial charge in [0, 0.05) is 26.9 Å². The highest BCUT2D eigenvalue weighted by Gasteiger charge is 2.16. The van der Waals surface area contributed by atoms with Gasteiger partial charge in [0.15, 0.2) is 11.2 Å². The lowest BCUT2D eigenvalue weighted by Crippen LogP contribution is -2.37. The molecular formula is C14H22N6O2. The summed E-state index contributed by atoms with van der Waals surface area (Å²) in [5.41, 5.74) is 3.76. The summed E-state index contributed by atoms with van der Waals surface area (Å²) in [5.74, 6) is 0.940. The van der Waals surface area contributed by atoms with Crippen LogP contribution in [0.1, 0.15) is 27.2 Å². The van der Waals surface area contributed by atoms with E-state index in [4.69, 9.17) is 0 Å². The van der Waals surface area contributed by atoms with E-state index in [0.29, 0.717) is 23.0 Å². The van der Waals surface area contributed by atoms with Gasteiger partial charge in [-0.1, -0.05) is 13.8 Å². The van der Waals surface area contributed by atoms with E-state index in [9.17, 15) is 9.59 Å². The monoisotopic (exact) mass is 306 g/mol. The highest BCUT2D eigenvalue weighted by molar-refractivity contribution is 5.83. The average molecular weight is 306 g/mol. The fourth-order valence-corrected chi connectivity index (χ4v) is 2.40. The maximum atomic E-state index is 12.2. The lowest BCUT2D eigenvalue weighted by Gasteiger charge is -2.05. The summed E-state index contributed by atoms with van der Waals surface area (Å²) < 4.78 is 4.04. The number of nitrogens with one attached hydrogen (secondary N) is 1. The molecular weight excluding hydrogens is 284 g/mol. The first-order valence-corrected chi connectivity index (χ1v) is 7.15. The van der Waals surface area contributed by atoms with Crippen molar-refractivity contribution >= 4 is 22.8 Å². The smallest absolute Gasteiger partial charge is 0.306 e. The Kier molecular flexibility index (Phi) is 4.20. The molecule has 0 saturated heterocycles. The zero-order chi connectivity index (χ0) is 16.6. The molecule has 0 spiro atoms. The highest BCUT2D eigenvalue weighted by atomic mass is 16.2. The van der Waals surface area contributed by atoms with E-state index in [2.05, 4.69) is 29.4 Å². The van der Waals surface area contributed by atoms with Gasteiger partial charge in [-0.3, -0.25) is 13.9 Å². The van der Waals surface area contributed by atoms with E-state index < -0.39 is 5.69 Å². The summed E-state index contributed by atoms with van der Waals surface area (Å²) in [6.07, 6.45) is 0.872. The normalized spacial score (nSPS) is 12.4. The Bertz CT molecular complexity index is 853. The molecule has 0 saturated carbocycles. The first kappa shape index (κ1) is 16.0. The molecule has 22 heavy (non-hydrogen) atoms. The molecule has 0 aliphatic rings. The molecule has 0 bridgehead atoms. The standard InChI is InChI=1S/C14H22N6O2/c1-8(2)7-9(3)16-17-13-15-11-10(18(13)4)12(21)20(6)14(22)19(11)5/h8H,7H2,1-6H3,(H,15,17). The minimum absolute atomic E-state index is 0.342. The molecule has 2 aromatic rings. The van der Waals surface area contributed by atoms with Gasteiger partial charge in [-0.05, 0) is 19.3 Å². The zero-order valence-corrected chi connectivity index (χ0v) is 13.8. The molecule has 2 aromatic heterocycles. The number of hydrogen-bond acceptors (Lipinski definition) is 5. The van der Waals surface area contributed by atoms with Crippen molar-refractivity contribution in [3.8, 4) is 0 Å². The second-order valence-electron chi connectivity index (χ2n) is 5.93. The molecule has 120 valence electrons. The molecule has 0 aliphatic heterocycles. The topological polar surface area (TPSA) is 86.2 Å². The van der Waals surface area contributed by atoms with Crippen LogP contribution in [0, 0.1) is 5.92 Å². The van der Waals surface area contributed by atoms with Gasteiger partial charge in [0.1, 0.15) is 0 Å². The highest BCUT2D eigenvalue weighted by Crippen LogP contribution is 2.13. The number of aryl methyl sites for hydroxylation is 2. The number of imidazole rings is 1. The maximum Gasteiger partial charge on any atom is 0.332 e. The molecule has 0 aliphatic carbocycles. The van der Waals surface area contributed by atoms with Crippen molar-refractivity contribution in [1.82, 2.24) is 18.7 Å². The van der Waals surface area contributed by atoms with Crippen molar-refractivity contribution in [1.29, 1.82) is 0 Å². The third-order valence-electron chi connectivity index (χ3n) is 3.53. The van der Waals surface area contributed by atoms with Crippen LogP contribution in [0.15, 0.2) is 14.7 Å². The van der Waals surface area contributed by atoms with Crippen molar-refractivity contribution in [2.45, 2.75) is 27.2 Å². The third kappa shape index (κ3) is 2.68. The summed E-state index contributed by atoms with van der Waals surface area (Å²) in [6.45, 7) is 6.17. The summed E-state index contributed by atoms with van der Waals surface area (Å²) in [6, 6.07) is 0. The van der Waals surface area contributed by atoms with Gasteiger partial charge >= 0.3 is 5.69 Å². The van der Waals surface area contributed by atoms with E-state index in [-0.39, 0.29) is 5.56 Å². The molecule has 0 radical (unpaired) electrons. The lowest BCUT2D eigenvalue weighted by atomic mass is 10.1. The number of anilines is 1. The number of fused-ring (bicyclic) bond motifs is 1. The minimum Gasteiger partial charge on any atom is -0.306 e. The van der Waals surface area contributed by atoms with Crippen LogP contribution in [0.2, 0.25) is 0 Å². The zero-order valence-electron chi connectivity index (χ0n) is 13.8. The van der Waals surface area contributed by atoms with Crippen LogP contribution in [-0.2, 0) is 21.1 Å². The summed E-state index contributed by atoms with van der Waals surface area (Å²) in [5, 5.41) is 4.28. The van der Waals surface area contributed by atoms with Crippen LogP contribution >= 0.6 is 0 Å². The molecule has 8 heteroatoms. The summed E-state index contributed by atoms with van der Waals surface area (Å²) in [7, 11) is 4.76. The van der Waals surface area contributed by atoms with Gasteiger partial charge < -0.3 is 4.57 Å². The van der Waals surface area contributed by atoms with Crippen LogP contribution in [0.4, 0.5) is 5.95 Å². The van der Waals surface area contributed by atoms with Crippen molar-refractivity contribution in [2.24, 2.45) is 32.2 Å². The predicted octanol–water partition coefficient (Wildman–Crippen LogP) is 0.805. The Morgan fingerprint density at radius 1 is 1.18 bits per heavy atom. The SMILES string of the molecule is CC(CC(C)C)=NNc1nc2c(c(=O)n(C)c(=O)n2C)n1C. The van der Waals surface area contributed by atoms with Crippen LogP contribution in [-0.4, -0.2) is 24.4 Å². The Hall–Kier alpha value is -2.38. The second kappa shape index (κ2) is 5.78. The molecule has 2 rings (SSSR count). The van der Waals surface area contributed by atoms with Crippen molar-refractivity contribution in [3.63, 3.8) is 0 Å². The number of hydrazone groups is 1. The molecule has 0 fully saturated rings. The van der Waals surface area contributed by atoms with Crippen LogP contribution in [0.3, 0.4) is 0 Å². The average Bonchev–Trinajstić information content (AvgIpc) is 2.77. The van der Waals surface area contributed by atoms with Crippen LogP contribution in [0.5, 0.6) is 0 Å². The molecule has 0 unspecified atom stereocenters. The van der Waals surface area contributed by atoms with Gasteiger partial charge in [0.25, 0.3) is 5.56 Å². The summed E-state index contributed by atoms with van der Waals surface area (Å²) >= 11 is 0. The van der Waals surface area contributed by atoms with Gasteiger partial charge in [-0.15, -0.1) is 0 Å². The molecule has 1 N–H and O–H groups in total. The van der Waals surface area contributed by atoms with E-state index in [1.807, 2.05) is 6.92 Å². The van der Waals surface area contributed by atoms with E-state index in [1.165, 1.54) is 11.6 Å². The quantitative estimate of drug-likeness (QED) is 0.669. The number of rotatable bonds is 4. The van der Waals surface area contributed by atoms with Crippen molar-refractivity contribution in [2.75, 3.05) is 5.43 Å². The fourth-order valence-electron chi connectivity index (χ4n) is 2.40. The number of nitrogens with zero attached hydrogens (tertiary/aromatic N) is 5. The third-order valence-corrected chi connectivity index (χ3v) is 3.53. The number of hydrogen-bond donors (Lipinski definition) is 1. The minimum atomic E-state index is -0.401. The van der Waals surface area contributed by atoms with Crippen LogP contribution < -0.4 is 16.7 Å². The second-order valence-corrected chi connectivity index (χ2v) is 5.93. The van der Waals surface area contributed by atoms with E-state index in [1.54, 1.807) is 18.7 Å². The van der Waals surface area contributed by atoms with Crippen LogP contribution in [0.25, 0.3) is 11.2 Å². The fraction of sp³-hybridized carbons (Fsp3) is 0.571. The van der Waals surface area contributed by atoms with Gasteiger partial charge in [0.05, 0.1) is 0 Å². The Morgan fingerprint density at radius 3 is 2.41 bits per heavy atom. The molecule has 0 atom stereocenters. The molecule has 0 amide bonds. The largest absolute Gasteiger partial charge is 0.332 e. The lowest BCUT2D eigenvalue weighted by molar-refractivity contribution is 0.681. The number of aromatic nitrogens is 4. The molecule has 8 nitrogen and oxygen atoms in total. The van der Waals surface area contributed by atoms with E-state index in [0.717, 1.165) is 16.7 Å². The maximum absolute atomic E-state index is 12.2. The Balaban J connectivity index is 2.53. The van der Waals surface area contributed by atoms with Gasteiger partial charge in [0.2, 0.25) is 5.95 Å². The van der Waals surface area contributed by atoms with E-state index >= 15 is 0 Å². The molecule has 2 heterocycles. The summed E-state index contributed by atoms with van der Waals surface area (Å²) in [4.78, 5) is 28.5. The predicted molar refractivity (Wildman–Crippen MR) is 87.4 cm³/mol. The van der Waals surface area contributed by atoms with Gasteiger partial charge in [-0.25, -0.2) is 10.2 Å². The van der Waals surface area contributed by atoms with Crippen molar-refractivity contribution in [3.05, 3.63) is 20.8 Å². The van der Waals surface area contributed by atoms with Gasteiger partial charge in [-0.2, -0.15) is 10.1 Å². The molecule has 0 aromatic carbocycles.